The molecule has 1 saturated heterocycles. The Balaban J connectivity index is 2.22. The molecule has 0 atom stereocenters. The van der Waals surface area contributed by atoms with Gasteiger partial charge in [-0.1, -0.05) is 0 Å². The molecule has 0 aromatic heterocycles. The van der Waals surface area contributed by atoms with Crippen LogP contribution in [0.1, 0.15) is 12.8 Å². The van der Waals surface area contributed by atoms with Gasteiger partial charge in [-0.25, -0.2) is 13.2 Å². The topological polar surface area (TPSA) is 81.7 Å². The van der Waals surface area contributed by atoms with Crippen molar-refractivity contribution in [3.8, 4) is 5.75 Å². The van der Waals surface area contributed by atoms with E-state index in [0.29, 0.717) is 5.75 Å². The molecule has 116 valence electrons. The van der Waals surface area contributed by atoms with E-state index >= 15 is 0 Å². The van der Waals surface area contributed by atoms with E-state index in [4.69, 9.17) is 9.47 Å². The summed E-state index contributed by atoms with van der Waals surface area (Å²) in [7, 11) is -0.184. The molecule has 0 radical (unpaired) electrons. The normalized spacial score (nSPS) is 19.5. The summed E-state index contributed by atoms with van der Waals surface area (Å²) in [6.45, 7) is 0. The van der Waals surface area contributed by atoms with Crippen LogP contribution in [0.4, 0.5) is 5.69 Å². The molecular formula is C14H19NO5S. The molecule has 1 aromatic rings. The summed E-state index contributed by atoms with van der Waals surface area (Å²) >= 11 is 0. The lowest BCUT2D eigenvalue weighted by Crippen LogP contribution is -2.52. The van der Waals surface area contributed by atoms with Crippen molar-refractivity contribution >= 4 is 21.5 Å². The van der Waals surface area contributed by atoms with E-state index in [1.807, 2.05) is 0 Å². The van der Waals surface area contributed by atoms with Crippen LogP contribution < -0.4 is 10.1 Å². The molecule has 0 spiro atoms. The van der Waals surface area contributed by atoms with Gasteiger partial charge in [-0.15, -0.1) is 0 Å². The zero-order valence-electron chi connectivity index (χ0n) is 12.1. The monoisotopic (exact) mass is 313 g/mol. The maximum Gasteiger partial charge on any atom is 0.331 e. The smallest absolute Gasteiger partial charge is 0.331 e. The Morgan fingerprint density at radius 3 is 2.19 bits per heavy atom. The molecule has 1 aromatic carbocycles. The van der Waals surface area contributed by atoms with Crippen LogP contribution in [0.3, 0.4) is 0 Å². The van der Waals surface area contributed by atoms with E-state index in [1.54, 1.807) is 31.4 Å². The minimum atomic E-state index is -3.07. The molecule has 0 saturated carbocycles. The van der Waals surface area contributed by atoms with Gasteiger partial charge in [-0.2, -0.15) is 0 Å². The van der Waals surface area contributed by atoms with E-state index in [-0.39, 0.29) is 24.3 Å². The highest BCUT2D eigenvalue weighted by molar-refractivity contribution is 7.91. The number of ether oxygens (including phenoxy) is 2. The van der Waals surface area contributed by atoms with Crippen LogP contribution in [0.25, 0.3) is 0 Å². The third-order valence-electron chi connectivity index (χ3n) is 3.73. The number of nitrogens with one attached hydrogen (secondary N) is 1. The summed E-state index contributed by atoms with van der Waals surface area (Å²) in [5.41, 5.74) is -0.269. The third-order valence-corrected chi connectivity index (χ3v) is 5.38. The molecule has 0 bridgehead atoms. The number of hydrogen-bond donors (Lipinski definition) is 1. The summed E-state index contributed by atoms with van der Waals surface area (Å²) < 4.78 is 33.1. The van der Waals surface area contributed by atoms with Gasteiger partial charge >= 0.3 is 5.97 Å². The molecule has 6 nitrogen and oxygen atoms in total. The highest BCUT2D eigenvalue weighted by atomic mass is 32.2. The van der Waals surface area contributed by atoms with Crippen LogP contribution >= 0.6 is 0 Å². The first-order valence-electron chi connectivity index (χ1n) is 6.62. The molecule has 1 N–H and O–H groups in total. The van der Waals surface area contributed by atoms with Crippen LogP contribution in [0, 0.1) is 0 Å². The van der Waals surface area contributed by atoms with Crippen LogP contribution in [-0.4, -0.2) is 45.7 Å². The Kier molecular flexibility index (Phi) is 4.41. The molecule has 0 aliphatic carbocycles. The van der Waals surface area contributed by atoms with Gasteiger partial charge in [0.05, 0.1) is 25.7 Å². The zero-order valence-corrected chi connectivity index (χ0v) is 12.9. The van der Waals surface area contributed by atoms with Gasteiger partial charge < -0.3 is 14.8 Å². The Morgan fingerprint density at radius 1 is 1.14 bits per heavy atom. The lowest BCUT2D eigenvalue weighted by Gasteiger charge is -2.35. The molecule has 1 aliphatic rings. The van der Waals surface area contributed by atoms with E-state index < -0.39 is 21.3 Å². The quantitative estimate of drug-likeness (QED) is 0.842. The van der Waals surface area contributed by atoms with Gasteiger partial charge in [0.15, 0.2) is 9.84 Å². The minimum absolute atomic E-state index is 0.0226. The van der Waals surface area contributed by atoms with E-state index in [1.165, 1.54) is 7.11 Å². The number of carbonyl (C=O) groups is 1. The van der Waals surface area contributed by atoms with Crippen molar-refractivity contribution in [2.75, 3.05) is 31.0 Å². The molecule has 1 fully saturated rings. The Bertz CT molecular complexity index is 595. The zero-order chi connectivity index (χ0) is 15.5. The third kappa shape index (κ3) is 3.47. The largest absolute Gasteiger partial charge is 0.497 e. The van der Waals surface area contributed by atoms with Crippen molar-refractivity contribution < 1.29 is 22.7 Å². The number of anilines is 1. The van der Waals surface area contributed by atoms with Crippen LogP contribution in [0.15, 0.2) is 24.3 Å². The number of esters is 1. The molecule has 0 unspecified atom stereocenters. The fourth-order valence-corrected chi connectivity index (χ4v) is 3.94. The predicted octanol–water partition coefficient (Wildman–Crippen LogP) is 1.23. The van der Waals surface area contributed by atoms with Gasteiger partial charge in [0.2, 0.25) is 0 Å². The minimum Gasteiger partial charge on any atom is -0.497 e. The number of benzene rings is 1. The number of carbonyl (C=O) groups excluding carboxylic acids is 1. The molecule has 21 heavy (non-hydrogen) atoms. The second-order valence-corrected chi connectivity index (χ2v) is 7.38. The molecule has 2 rings (SSSR count). The average Bonchev–Trinajstić information content (AvgIpc) is 2.49. The van der Waals surface area contributed by atoms with E-state index in [0.717, 1.165) is 5.69 Å². The Morgan fingerprint density at radius 2 is 1.71 bits per heavy atom. The molecular weight excluding hydrogens is 294 g/mol. The second-order valence-electron chi connectivity index (χ2n) is 5.08. The maximum absolute atomic E-state index is 12.1. The molecule has 0 amide bonds. The fourth-order valence-electron chi connectivity index (χ4n) is 2.41. The first-order valence-corrected chi connectivity index (χ1v) is 8.44. The van der Waals surface area contributed by atoms with E-state index in [2.05, 4.69) is 5.32 Å². The van der Waals surface area contributed by atoms with E-state index in [9.17, 15) is 13.2 Å². The molecule has 1 heterocycles. The summed E-state index contributed by atoms with van der Waals surface area (Å²) in [5, 5.41) is 3.14. The SMILES string of the molecule is COC(=O)C1(Nc2ccc(OC)cc2)CCS(=O)(=O)CC1. The fraction of sp³-hybridized carbons (Fsp3) is 0.500. The van der Waals surface area contributed by atoms with Crippen LogP contribution in [0.5, 0.6) is 5.75 Å². The van der Waals surface area contributed by atoms with Crippen molar-refractivity contribution in [3.05, 3.63) is 24.3 Å². The van der Waals surface area contributed by atoms with Crippen molar-refractivity contribution in [2.45, 2.75) is 18.4 Å². The maximum atomic E-state index is 12.1. The second kappa shape index (κ2) is 5.93. The van der Waals surface area contributed by atoms with Gasteiger partial charge in [-0.3, -0.25) is 0 Å². The summed E-state index contributed by atoms with van der Waals surface area (Å²) in [5.74, 6) is 0.225. The molecule has 1 aliphatic heterocycles. The summed E-state index contributed by atoms with van der Waals surface area (Å²) in [4.78, 5) is 12.1. The number of rotatable bonds is 4. The first kappa shape index (κ1) is 15.6. The van der Waals surface area contributed by atoms with Crippen LogP contribution in [0.2, 0.25) is 0 Å². The molecule has 7 heteroatoms. The first-order chi connectivity index (χ1) is 9.91. The van der Waals surface area contributed by atoms with Crippen molar-refractivity contribution in [3.63, 3.8) is 0 Å². The van der Waals surface area contributed by atoms with Crippen molar-refractivity contribution in [2.24, 2.45) is 0 Å². The highest BCUT2D eigenvalue weighted by Gasteiger charge is 2.44. The predicted molar refractivity (Wildman–Crippen MR) is 79.3 cm³/mol. The summed E-state index contributed by atoms with van der Waals surface area (Å²) in [6, 6.07) is 7.11. The van der Waals surface area contributed by atoms with Gasteiger partial charge in [-0.05, 0) is 37.1 Å². The Hall–Kier alpha value is -1.76. The Labute approximate surface area is 124 Å². The average molecular weight is 313 g/mol. The van der Waals surface area contributed by atoms with Crippen LogP contribution in [-0.2, 0) is 19.4 Å². The highest BCUT2D eigenvalue weighted by Crippen LogP contribution is 2.30. The van der Waals surface area contributed by atoms with Gasteiger partial charge in [0.25, 0.3) is 0 Å². The van der Waals surface area contributed by atoms with Gasteiger partial charge in [0.1, 0.15) is 11.3 Å². The lowest BCUT2D eigenvalue weighted by molar-refractivity contribution is -0.146. The number of sulfone groups is 1. The number of methoxy groups -OCH3 is 2. The van der Waals surface area contributed by atoms with Crippen molar-refractivity contribution in [1.29, 1.82) is 0 Å². The van der Waals surface area contributed by atoms with Crippen molar-refractivity contribution in [1.82, 2.24) is 0 Å². The summed E-state index contributed by atoms with van der Waals surface area (Å²) in [6.07, 6.45) is 0.405. The lowest BCUT2D eigenvalue weighted by atomic mass is 9.91. The van der Waals surface area contributed by atoms with Gasteiger partial charge in [0, 0.05) is 5.69 Å². The number of hydrogen-bond acceptors (Lipinski definition) is 6. The standard InChI is InChI=1S/C14H19NO5S/c1-19-12-5-3-11(4-6-12)15-14(13(16)20-2)7-9-21(17,18)10-8-14/h3-6,15H,7-10H2,1-2H3.